The zero-order chi connectivity index (χ0) is 9.95. The van der Waals surface area contributed by atoms with E-state index >= 15 is 0 Å². The normalized spacial score (nSPS) is 23.4. The SMILES string of the molecule is C[Si](C)(C)C#CCS1(Br)CCCC1. The molecule has 1 aliphatic rings. The summed E-state index contributed by atoms with van der Waals surface area (Å²) in [6, 6.07) is 0. The molecule has 0 N–H and O–H groups in total. The lowest BCUT2D eigenvalue weighted by atomic mass is 10.4. The van der Waals surface area contributed by atoms with Crippen LogP contribution in [-0.2, 0) is 0 Å². The van der Waals surface area contributed by atoms with Gasteiger partial charge in [-0.3, -0.25) is 0 Å². The molecule has 1 rings (SSSR count). The van der Waals surface area contributed by atoms with Crippen LogP contribution in [0.15, 0.2) is 0 Å². The molecule has 0 aromatic rings. The second-order valence-corrected chi connectivity index (χ2v) is 16.6. The molecule has 1 heterocycles. The van der Waals surface area contributed by atoms with Gasteiger partial charge in [-0.25, -0.2) is 0 Å². The molecule has 0 amide bonds. The van der Waals surface area contributed by atoms with Crippen molar-refractivity contribution >= 4 is 31.3 Å². The lowest BCUT2D eigenvalue weighted by molar-refractivity contribution is 0.949. The fraction of sp³-hybridized carbons (Fsp3) is 0.800. The summed E-state index contributed by atoms with van der Waals surface area (Å²) >= 11 is 3.91. The van der Waals surface area contributed by atoms with E-state index in [1.807, 2.05) is 0 Å². The molecule has 0 saturated carbocycles. The van der Waals surface area contributed by atoms with E-state index in [2.05, 4.69) is 45.9 Å². The maximum Gasteiger partial charge on any atom is 0.129 e. The van der Waals surface area contributed by atoms with Crippen molar-refractivity contribution in [3.63, 3.8) is 0 Å². The summed E-state index contributed by atoms with van der Waals surface area (Å²) in [7, 11) is -1.60. The fourth-order valence-corrected chi connectivity index (χ4v) is 6.13. The molecule has 0 aromatic carbocycles. The minimum absolute atomic E-state index is 0.465. The number of hydrogen-bond donors (Lipinski definition) is 0. The molecule has 1 fully saturated rings. The van der Waals surface area contributed by atoms with Gasteiger partial charge in [-0.05, 0) is 39.2 Å². The van der Waals surface area contributed by atoms with Gasteiger partial charge in [-0.15, -0.1) is 11.5 Å². The van der Waals surface area contributed by atoms with Gasteiger partial charge in [-0.1, -0.05) is 19.6 Å². The third-order valence-corrected chi connectivity index (χ3v) is 8.32. The average Bonchev–Trinajstić information content (AvgIpc) is 2.33. The molecular formula is C10H19BrSSi. The van der Waals surface area contributed by atoms with Gasteiger partial charge in [0.15, 0.2) is 0 Å². The second-order valence-electron chi connectivity index (χ2n) is 4.75. The molecule has 0 unspecified atom stereocenters. The van der Waals surface area contributed by atoms with Crippen LogP contribution in [0.3, 0.4) is 0 Å². The highest BCUT2D eigenvalue weighted by molar-refractivity contribution is 9.58. The Morgan fingerprint density at radius 1 is 1.23 bits per heavy atom. The Balaban J connectivity index is 2.44. The Hall–Kier alpha value is 0.607. The number of hydrogen-bond acceptors (Lipinski definition) is 0. The van der Waals surface area contributed by atoms with Crippen LogP contribution in [0, 0.1) is 11.5 Å². The van der Waals surface area contributed by atoms with Gasteiger partial charge < -0.3 is 0 Å². The van der Waals surface area contributed by atoms with Crippen LogP contribution in [0.25, 0.3) is 0 Å². The summed E-state index contributed by atoms with van der Waals surface area (Å²) in [5, 5.41) is 0. The van der Waals surface area contributed by atoms with Crippen molar-refractivity contribution in [1.82, 2.24) is 0 Å². The zero-order valence-corrected chi connectivity index (χ0v) is 12.2. The summed E-state index contributed by atoms with van der Waals surface area (Å²) in [5.41, 5.74) is 3.45. The summed E-state index contributed by atoms with van der Waals surface area (Å²) in [4.78, 5) is 0. The van der Waals surface area contributed by atoms with Crippen LogP contribution in [0.5, 0.6) is 0 Å². The van der Waals surface area contributed by atoms with E-state index in [-0.39, 0.29) is 0 Å². The summed E-state index contributed by atoms with van der Waals surface area (Å²) in [5.74, 6) is 7.34. The van der Waals surface area contributed by atoms with Crippen LogP contribution in [0.2, 0.25) is 19.6 Å². The Bertz CT molecular complexity index is 228. The van der Waals surface area contributed by atoms with E-state index < -0.39 is 16.5 Å². The third kappa shape index (κ3) is 4.58. The first-order valence-corrected chi connectivity index (χ1v) is 12.4. The van der Waals surface area contributed by atoms with E-state index in [9.17, 15) is 0 Å². The maximum atomic E-state index is 3.91. The van der Waals surface area contributed by atoms with Crippen molar-refractivity contribution in [2.75, 3.05) is 17.3 Å². The van der Waals surface area contributed by atoms with Crippen LogP contribution < -0.4 is 0 Å². The van der Waals surface area contributed by atoms with Crippen molar-refractivity contribution in [1.29, 1.82) is 0 Å². The predicted molar refractivity (Wildman–Crippen MR) is 71.5 cm³/mol. The van der Waals surface area contributed by atoms with Crippen molar-refractivity contribution in [2.24, 2.45) is 0 Å². The first kappa shape index (κ1) is 11.7. The van der Waals surface area contributed by atoms with Crippen molar-refractivity contribution in [3.05, 3.63) is 0 Å². The number of halogens is 1. The average molecular weight is 279 g/mol. The quantitative estimate of drug-likeness (QED) is 0.506. The van der Waals surface area contributed by atoms with E-state index in [0.29, 0.717) is 0 Å². The number of rotatable bonds is 1. The highest BCUT2D eigenvalue weighted by Crippen LogP contribution is 2.60. The van der Waals surface area contributed by atoms with Gasteiger partial charge in [0.25, 0.3) is 0 Å². The largest absolute Gasteiger partial charge is 0.172 e. The highest BCUT2D eigenvalue weighted by atomic mass is 79.9. The Kier molecular flexibility index (Phi) is 3.97. The smallest absolute Gasteiger partial charge is 0.129 e. The van der Waals surface area contributed by atoms with E-state index in [4.69, 9.17) is 0 Å². The standard InChI is InChI=1S/C10H19BrSSi/c1-13(2,3)10-6-9-12(11)7-4-5-8-12/h4-5,7-9H2,1-3H3. The van der Waals surface area contributed by atoms with Crippen LogP contribution in [0.4, 0.5) is 0 Å². The van der Waals surface area contributed by atoms with Gasteiger partial charge in [-0.2, -0.15) is 8.46 Å². The lowest BCUT2D eigenvalue weighted by Crippen LogP contribution is -2.16. The van der Waals surface area contributed by atoms with E-state index in [1.54, 1.807) is 0 Å². The summed E-state index contributed by atoms with van der Waals surface area (Å²) < 4.78 is 0. The predicted octanol–water partition coefficient (Wildman–Crippen LogP) is 3.78. The van der Waals surface area contributed by atoms with Crippen molar-refractivity contribution < 1.29 is 0 Å². The van der Waals surface area contributed by atoms with Gasteiger partial charge in [0.05, 0.1) is 0 Å². The molecule has 13 heavy (non-hydrogen) atoms. The van der Waals surface area contributed by atoms with Gasteiger partial charge in [0.1, 0.15) is 8.07 Å². The van der Waals surface area contributed by atoms with Gasteiger partial charge in [0, 0.05) is 5.75 Å². The van der Waals surface area contributed by atoms with Crippen molar-refractivity contribution in [2.45, 2.75) is 32.5 Å². The molecular weight excluding hydrogens is 260 g/mol. The molecule has 0 nitrogen and oxygen atoms in total. The van der Waals surface area contributed by atoms with Crippen molar-refractivity contribution in [3.8, 4) is 11.5 Å². The molecule has 0 aromatic heterocycles. The molecule has 76 valence electrons. The fourth-order valence-electron chi connectivity index (χ4n) is 1.40. The monoisotopic (exact) mass is 278 g/mol. The summed E-state index contributed by atoms with van der Waals surface area (Å²) in [6.07, 6.45) is 2.82. The zero-order valence-electron chi connectivity index (χ0n) is 8.82. The van der Waals surface area contributed by atoms with E-state index in [1.165, 1.54) is 24.3 Å². The van der Waals surface area contributed by atoms with Gasteiger partial charge >= 0.3 is 0 Å². The molecule has 3 heteroatoms. The van der Waals surface area contributed by atoms with Crippen LogP contribution in [0.1, 0.15) is 12.8 Å². The van der Waals surface area contributed by atoms with Crippen LogP contribution in [-0.4, -0.2) is 25.3 Å². The van der Waals surface area contributed by atoms with E-state index in [0.717, 1.165) is 5.75 Å². The Labute approximate surface area is 92.4 Å². The maximum absolute atomic E-state index is 3.91. The summed E-state index contributed by atoms with van der Waals surface area (Å²) in [6.45, 7) is 6.93. The topological polar surface area (TPSA) is 0 Å². The minimum atomic E-state index is -1.13. The molecule has 1 saturated heterocycles. The second kappa shape index (κ2) is 4.42. The lowest BCUT2D eigenvalue weighted by Gasteiger charge is -2.24. The van der Waals surface area contributed by atoms with Crippen LogP contribution >= 0.6 is 23.3 Å². The molecule has 0 bridgehead atoms. The molecule has 0 spiro atoms. The first-order chi connectivity index (χ1) is 5.91. The molecule has 0 radical (unpaired) electrons. The third-order valence-electron chi connectivity index (χ3n) is 2.06. The molecule has 0 atom stereocenters. The minimum Gasteiger partial charge on any atom is -0.172 e. The Morgan fingerprint density at radius 2 is 1.77 bits per heavy atom. The Morgan fingerprint density at radius 3 is 2.23 bits per heavy atom. The molecule has 1 aliphatic heterocycles. The highest BCUT2D eigenvalue weighted by Gasteiger charge is 2.24. The first-order valence-electron chi connectivity index (χ1n) is 4.87. The van der Waals surface area contributed by atoms with Gasteiger partial charge in [0.2, 0.25) is 0 Å². The molecule has 0 aliphatic carbocycles.